The number of piperidine rings is 1. The average Bonchev–Trinajstić information content (AvgIpc) is 3.39. The lowest BCUT2D eigenvalue weighted by Gasteiger charge is -2.30. The van der Waals surface area contributed by atoms with Crippen LogP contribution in [0.3, 0.4) is 0 Å². The van der Waals surface area contributed by atoms with Gasteiger partial charge in [-0.3, -0.25) is 9.88 Å². The molecule has 6 rings (SSSR count). The molecule has 0 spiro atoms. The zero-order valence-corrected chi connectivity index (χ0v) is 21.9. The first-order chi connectivity index (χ1) is 18.6. The van der Waals surface area contributed by atoms with E-state index in [9.17, 15) is 0 Å². The molecule has 3 aromatic heterocycles. The third-order valence-electron chi connectivity index (χ3n) is 7.53. The predicted molar refractivity (Wildman–Crippen MR) is 151 cm³/mol. The second-order valence-corrected chi connectivity index (χ2v) is 10.4. The van der Waals surface area contributed by atoms with Gasteiger partial charge in [0.1, 0.15) is 17.8 Å². The lowest BCUT2D eigenvalue weighted by atomic mass is 10.1. The molecule has 4 aromatic rings. The Morgan fingerprint density at radius 1 is 1.08 bits per heavy atom. The fraction of sp³-hybridized carbons (Fsp3) is 0.414. The molecule has 2 fully saturated rings. The molecule has 0 saturated carbocycles. The molecule has 1 aromatic carbocycles. The van der Waals surface area contributed by atoms with Gasteiger partial charge in [-0.15, -0.1) is 0 Å². The topological polar surface area (TPSA) is 108 Å². The van der Waals surface area contributed by atoms with E-state index < -0.39 is 0 Å². The molecular formula is C29H36N8O. The Morgan fingerprint density at radius 2 is 1.92 bits per heavy atom. The number of hydrogen-bond acceptors (Lipinski definition) is 8. The second-order valence-electron chi connectivity index (χ2n) is 10.4. The highest BCUT2D eigenvalue weighted by Crippen LogP contribution is 2.30. The molecule has 0 radical (unpaired) electrons. The number of ether oxygens (including phenoxy) is 1. The molecule has 2 aliphatic rings. The van der Waals surface area contributed by atoms with Crippen LogP contribution < -0.4 is 16.0 Å². The van der Waals surface area contributed by atoms with Crippen LogP contribution in [0.5, 0.6) is 0 Å². The van der Waals surface area contributed by atoms with E-state index in [-0.39, 0.29) is 12.1 Å². The Kier molecular flexibility index (Phi) is 7.22. The Labute approximate surface area is 223 Å². The third kappa shape index (κ3) is 5.50. The molecule has 2 atom stereocenters. The first-order valence-corrected chi connectivity index (χ1v) is 13.6. The van der Waals surface area contributed by atoms with Gasteiger partial charge in [0.25, 0.3) is 0 Å². The first kappa shape index (κ1) is 24.8. The highest BCUT2D eigenvalue weighted by atomic mass is 16.5. The summed E-state index contributed by atoms with van der Waals surface area (Å²) in [5, 5.41) is 4.65. The normalized spacial score (nSPS) is 19.5. The van der Waals surface area contributed by atoms with Crippen molar-refractivity contribution in [2.45, 2.75) is 38.4 Å². The summed E-state index contributed by atoms with van der Waals surface area (Å²) in [6, 6.07) is 15.3. The summed E-state index contributed by atoms with van der Waals surface area (Å²) >= 11 is 0. The summed E-state index contributed by atoms with van der Waals surface area (Å²) in [6.45, 7) is 8.29. The van der Waals surface area contributed by atoms with Gasteiger partial charge in [-0.2, -0.15) is 0 Å². The molecule has 9 heteroatoms. The average molecular weight is 513 g/mol. The zero-order chi connectivity index (χ0) is 25.9. The van der Waals surface area contributed by atoms with E-state index in [1.807, 2.05) is 6.20 Å². The number of fused-ring (bicyclic) bond motifs is 1. The van der Waals surface area contributed by atoms with Crippen molar-refractivity contribution in [3.8, 4) is 11.3 Å². The van der Waals surface area contributed by atoms with Gasteiger partial charge in [-0.1, -0.05) is 12.1 Å². The van der Waals surface area contributed by atoms with Crippen LogP contribution in [0.2, 0.25) is 0 Å². The van der Waals surface area contributed by atoms with Crippen molar-refractivity contribution in [2.75, 3.05) is 49.6 Å². The Hall–Kier alpha value is -3.53. The fourth-order valence-corrected chi connectivity index (χ4v) is 5.50. The number of pyridine rings is 1. The predicted octanol–water partition coefficient (Wildman–Crippen LogP) is 3.95. The number of anilines is 2. The summed E-state index contributed by atoms with van der Waals surface area (Å²) in [5.41, 5.74) is 12.5. The molecule has 198 valence electrons. The van der Waals surface area contributed by atoms with Crippen LogP contribution >= 0.6 is 0 Å². The summed E-state index contributed by atoms with van der Waals surface area (Å²) < 4.78 is 5.51. The van der Waals surface area contributed by atoms with Crippen molar-refractivity contribution in [2.24, 2.45) is 5.73 Å². The SMILES string of the molecule is CC(Nc1ccc(-c2cc3c(N4CCOCC4)ncnc3[nH]2)cc1)c1cc(CN2CCC[C@@H](N)C2)ccn1. The molecule has 0 aliphatic carbocycles. The highest BCUT2D eigenvalue weighted by molar-refractivity contribution is 5.92. The van der Waals surface area contributed by atoms with Crippen LogP contribution in [0.4, 0.5) is 11.5 Å². The van der Waals surface area contributed by atoms with Crippen molar-refractivity contribution in [1.29, 1.82) is 0 Å². The molecule has 38 heavy (non-hydrogen) atoms. The van der Waals surface area contributed by atoms with Gasteiger partial charge in [0.2, 0.25) is 0 Å². The quantitative estimate of drug-likeness (QED) is 0.342. The summed E-state index contributed by atoms with van der Waals surface area (Å²) in [4.78, 5) is 21.9. The number of hydrogen-bond donors (Lipinski definition) is 3. The largest absolute Gasteiger partial charge is 0.378 e. The number of nitrogens with one attached hydrogen (secondary N) is 2. The molecule has 0 amide bonds. The van der Waals surface area contributed by atoms with Gasteiger partial charge in [-0.25, -0.2) is 9.97 Å². The first-order valence-electron chi connectivity index (χ1n) is 13.6. The molecule has 1 unspecified atom stereocenters. The van der Waals surface area contributed by atoms with Crippen LogP contribution in [-0.4, -0.2) is 70.3 Å². The number of nitrogens with zero attached hydrogens (tertiary/aromatic N) is 5. The van der Waals surface area contributed by atoms with Gasteiger partial charge in [0, 0.05) is 49.8 Å². The molecule has 0 bridgehead atoms. The number of H-pyrrole nitrogens is 1. The fourth-order valence-electron chi connectivity index (χ4n) is 5.50. The maximum absolute atomic E-state index is 6.17. The molecular weight excluding hydrogens is 476 g/mol. The van der Waals surface area contributed by atoms with E-state index in [4.69, 9.17) is 10.5 Å². The number of morpholine rings is 1. The summed E-state index contributed by atoms with van der Waals surface area (Å²) in [5.74, 6) is 0.964. The van der Waals surface area contributed by atoms with E-state index in [2.05, 4.69) is 84.4 Å². The standard InChI is InChI=1S/C29H36N8O/c1-20(26-15-21(8-9-31-26)17-36-10-2-3-23(30)18-36)34-24-6-4-22(5-7-24)27-16-25-28(35-27)32-19-33-29(25)37-11-13-38-14-12-37/h4-9,15-16,19-20,23,34H,2-3,10-14,17-18,30H2,1H3,(H,32,33,35)/t20?,23-/m1/s1. The van der Waals surface area contributed by atoms with Gasteiger partial charge in [0.05, 0.1) is 30.3 Å². The van der Waals surface area contributed by atoms with E-state index >= 15 is 0 Å². The van der Waals surface area contributed by atoms with Crippen LogP contribution in [0.1, 0.15) is 37.1 Å². The van der Waals surface area contributed by atoms with Crippen LogP contribution in [0.15, 0.2) is 55.0 Å². The lowest BCUT2D eigenvalue weighted by Crippen LogP contribution is -2.42. The van der Waals surface area contributed by atoms with Gasteiger partial charge in [0.15, 0.2) is 0 Å². The van der Waals surface area contributed by atoms with Gasteiger partial charge < -0.3 is 25.7 Å². The number of aromatic nitrogens is 4. The van der Waals surface area contributed by atoms with Gasteiger partial charge in [-0.05, 0) is 67.8 Å². The molecule has 2 aliphatic heterocycles. The monoisotopic (exact) mass is 512 g/mol. The number of benzene rings is 1. The number of likely N-dealkylation sites (tertiary alicyclic amines) is 1. The number of nitrogens with two attached hydrogens (primary N) is 1. The smallest absolute Gasteiger partial charge is 0.143 e. The minimum absolute atomic E-state index is 0.0869. The van der Waals surface area contributed by atoms with E-state index in [0.29, 0.717) is 0 Å². The van der Waals surface area contributed by atoms with E-state index in [1.54, 1.807) is 6.33 Å². The maximum Gasteiger partial charge on any atom is 0.143 e. The van der Waals surface area contributed by atoms with Crippen molar-refractivity contribution < 1.29 is 4.74 Å². The minimum Gasteiger partial charge on any atom is -0.378 e. The van der Waals surface area contributed by atoms with Crippen LogP contribution in [0.25, 0.3) is 22.3 Å². The van der Waals surface area contributed by atoms with E-state index in [1.165, 1.54) is 12.0 Å². The molecule has 2 saturated heterocycles. The Bertz CT molecular complexity index is 1360. The van der Waals surface area contributed by atoms with Gasteiger partial charge >= 0.3 is 0 Å². The van der Waals surface area contributed by atoms with Crippen LogP contribution in [0, 0.1) is 0 Å². The lowest BCUT2D eigenvalue weighted by molar-refractivity contribution is 0.122. The maximum atomic E-state index is 6.17. The van der Waals surface area contributed by atoms with Crippen molar-refractivity contribution in [1.82, 2.24) is 24.8 Å². The minimum atomic E-state index is 0.0869. The molecule has 5 heterocycles. The third-order valence-corrected chi connectivity index (χ3v) is 7.53. The summed E-state index contributed by atoms with van der Waals surface area (Å²) in [6.07, 6.45) is 5.85. The zero-order valence-electron chi connectivity index (χ0n) is 21.9. The van der Waals surface area contributed by atoms with Crippen molar-refractivity contribution in [3.05, 3.63) is 66.2 Å². The highest BCUT2D eigenvalue weighted by Gasteiger charge is 2.19. The van der Waals surface area contributed by atoms with Crippen LogP contribution in [-0.2, 0) is 11.3 Å². The molecule has 4 N–H and O–H groups in total. The molecule has 9 nitrogen and oxygen atoms in total. The number of rotatable bonds is 7. The number of aromatic amines is 1. The van der Waals surface area contributed by atoms with Crippen molar-refractivity contribution >= 4 is 22.5 Å². The van der Waals surface area contributed by atoms with Crippen molar-refractivity contribution in [3.63, 3.8) is 0 Å². The Balaban J connectivity index is 1.13. The Morgan fingerprint density at radius 3 is 2.74 bits per heavy atom. The van der Waals surface area contributed by atoms with E-state index in [0.717, 1.165) is 91.8 Å². The summed E-state index contributed by atoms with van der Waals surface area (Å²) in [7, 11) is 0. The second kappa shape index (κ2) is 11.1.